The maximum Gasteiger partial charge on any atom is 0.339 e. The number of carboxylic acid groups (broad SMARTS) is 1. The number of pyridine rings is 1. The second kappa shape index (κ2) is 2.82. The zero-order valence-electron chi connectivity index (χ0n) is 8.05. The predicted molar refractivity (Wildman–Crippen MR) is 54.1 cm³/mol. The maximum atomic E-state index is 11.2. The molecule has 2 aromatic rings. The fourth-order valence-electron chi connectivity index (χ4n) is 1.88. The van der Waals surface area contributed by atoms with Crippen LogP contribution in [0.4, 0.5) is 0 Å². The number of aromatic nitrogens is 2. The number of fused-ring (bicyclic) bond motifs is 1. The summed E-state index contributed by atoms with van der Waals surface area (Å²) in [7, 11) is 0. The van der Waals surface area contributed by atoms with Gasteiger partial charge < -0.3 is 5.11 Å². The van der Waals surface area contributed by atoms with E-state index < -0.39 is 5.97 Å². The molecule has 0 spiro atoms. The molecular weight excluding hydrogens is 192 g/mol. The van der Waals surface area contributed by atoms with Gasteiger partial charge in [0.2, 0.25) is 0 Å². The molecule has 0 amide bonds. The minimum Gasteiger partial charge on any atom is -0.478 e. The number of hydrogen-bond acceptors (Lipinski definition) is 2. The molecule has 4 nitrogen and oxygen atoms in total. The molecule has 0 bridgehead atoms. The Kier molecular flexibility index (Phi) is 1.59. The van der Waals surface area contributed by atoms with Crippen molar-refractivity contribution in [1.82, 2.24) is 9.61 Å². The van der Waals surface area contributed by atoms with E-state index in [1.807, 2.05) is 12.1 Å². The van der Waals surface area contributed by atoms with Crippen molar-refractivity contribution < 1.29 is 9.90 Å². The average molecular weight is 202 g/mol. The Balaban J connectivity index is 2.33. The smallest absolute Gasteiger partial charge is 0.339 e. The summed E-state index contributed by atoms with van der Waals surface area (Å²) in [5.41, 5.74) is 1.80. The molecule has 1 saturated carbocycles. The lowest BCUT2D eigenvalue weighted by molar-refractivity contribution is 0.0698. The van der Waals surface area contributed by atoms with Crippen LogP contribution in [0, 0.1) is 0 Å². The van der Waals surface area contributed by atoms with E-state index in [1.54, 1.807) is 16.8 Å². The Labute approximate surface area is 86.1 Å². The molecule has 15 heavy (non-hydrogen) atoms. The van der Waals surface area contributed by atoms with Gasteiger partial charge >= 0.3 is 5.97 Å². The van der Waals surface area contributed by atoms with Crippen LogP contribution in [0.3, 0.4) is 0 Å². The lowest BCUT2D eigenvalue weighted by atomic mass is 10.1. The van der Waals surface area contributed by atoms with E-state index in [9.17, 15) is 9.90 Å². The van der Waals surface area contributed by atoms with Crippen LogP contribution in [0.5, 0.6) is 0 Å². The molecule has 2 aromatic heterocycles. The van der Waals surface area contributed by atoms with Crippen LogP contribution in [0.1, 0.15) is 34.8 Å². The van der Waals surface area contributed by atoms with Crippen LogP contribution >= 0.6 is 0 Å². The highest BCUT2D eigenvalue weighted by Gasteiger charge is 2.32. The molecule has 3 rings (SSSR count). The van der Waals surface area contributed by atoms with Gasteiger partial charge in [-0.25, -0.2) is 9.31 Å². The number of nitrogens with zero attached hydrogens (tertiary/aromatic N) is 2. The third-order valence-electron chi connectivity index (χ3n) is 2.74. The standard InChI is InChI=1S/C11H10N2O2/c14-11(15)9-8-3-1-2-6-13(8)12-10(9)7-4-5-7/h1-3,6-7H,4-5H2,(H,14,15). The van der Waals surface area contributed by atoms with Gasteiger partial charge in [0, 0.05) is 12.1 Å². The second-order valence-corrected chi connectivity index (χ2v) is 3.87. The van der Waals surface area contributed by atoms with Gasteiger partial charge in [0.25, 0.3) is 0 Å². The fourth-order valence-corrected chi connectivity index (χ4v) is 1.88. The van der Waals surface area contributed by atoms with Crippen molar-refractivity contribution >= 4 is 11.5 Å². The maximum absolute atomic E-state index is 11.2. The summed E-state index contributed by atoms with van der Waals surface area (Å²) < 4.78 is 1.65. The number of carbonyl (C=O) groups is 1. The number of carboxylic acids is 1. The monoisotopic (exact) mass is 202 g/mol. The Hall–Kier alpha value is -1.84. The SMILES string of the molecule is O=C(O)c1c(C2CC2)nn2ccccc12. The molecular formula is C11H10N2O2. The summed E-state index contributed by atoms with van der Waals surface area (Å²) in [6.45, 7) is 0. The second-order valence-electron chi connectivity index (χ2n) is 3.87. The topological polar surface area (TPSA) is 54.6 Å². The van der Waals surface area contributed by atoms with Crippen LogP contribution in [0.25, 0.3) is 5.52 Å². The molecule has 0 atom stereocenters. The van der Waals surface area contributed by atoms with E-state index in [2.05, 4.69) is 5.10 Å². The van der Waals surface area contributed by atoms with Gasteiger partial charge in [0.05, 0.1) is 11.2 Å². The minimum atomic E-state index is -0.877. The normalized spacial score (nSPS) is 15.7. The first-order chi connectivity index (χ1) is 7.27. The Morgan fingerprint density at radius 2 is 2.27 bits per heavy atom. The van der Waals surface area contributed by atoms with E-state index in [-0.39, 0.29) is 0 Å². The molecule has 4 heteroatoms. The quantitative estimate of drug-likeness (QED) is 0.809. The van der Waals surface area contributed by atoms with Crippen LogP contribution in [-0.4, -0.2) is 20.7 Å². The summed E-state index contributed by atoms with van der Waals surface area (Å²) in [6, 6.07) is 5.48. The number of hydrogen-bond donors (Lipinski definition) is 1. The highest BCUT2D eigenvalue weighted by Crippen LogP contribution is 2.41. The Morgan fingerprint density at radius 3 is 2.93 bits per heavy atom. The highest BCUT2D eigenvalue weighted by molar-refractivity contribution is 5.97. The van der Waals surface area contributed by atoms with Gasteiger partial charge in [-0.3, -0.25) is 0 Å². The van der Waals surface area contributed by atoms with Crippen molar-refractivity contribution in [3.63, 3.8) is 0 Å². The lowest BCUT2D eigenvalue weighted by Gasteiger charge is -1.93. The van der Waals surface area contributed by atoms with Crippen molar-refractivity contribution in [2.45, 2.75) is 18.8 Å². The molecule has 0 radical (unpaired) electrons. The molecule has 0 unspecified atom stereocenters. The molecule has 1 aliphatic carbocycles. The third kappa shape index (κ3) is 1.21. The fraction of sp³-hybridized carbons (Fsp3) is 0.273. The van der Waals surface area contributed by atoms with Crippen LogP contribution in [0.15, 0.2) is 24.4 Å². The molecule has 1 aliphatic rings. The predicted octanol–water partition coefficient (Wildman–Crippen LogP) is 1.91. The molecule has 0 saturated heterocycles. The van der Waals surface area contributed by atoms with Crippen molar-refractivity contribution in [3.05, 3.63) is 35.7 Å². The van der Waals surface area contributed by atoms with Gasteiger partial charge in [0.15, 0.2) is 0 Å². The zero-order chi connectivity index (χ0) is 10.4. The molecule has 2 heterocycles. The first-order valence-electron chi connectivity index (χ1n) is 4.98. The average Bonchev–Trinajstić information content (AvgIpc) is 2.98. The van der Waals surface area contributed by atoms with Crippen LogP contribution in [0.2, 0.25) is 0 Å². The Bertz CT molecular complexity index is 541. The van der Waals surface area contributed by atoms with E-state index >= 15 is 0 Å². The summed E-state index contributed by atoms with van der Waals surface area (Å²) in [5.74, 6) is -0.519. The summed E-state index contributed by atoms with van der Waals surface area (Å²) in [4.78, 5) is 11.2. The highest BCUT2D eigenvalue weighted by atomic mass is 16.4. The van der Waals surface area contributed by atoms with E-state index in [1.165, 1.54) is 0 Å². The van der Waals surface area contributed by atoms with Crippen molar-refractivity contribution in [1.29, 1.82) is 0 Å². The van der Waals surface area contributed by atoms with Gasteiger partial charge in [-0.05, 0) is 25.0 Å². The van der Waals surface area contributed by atoms with Crippen LogP contribution in [-0.2, 0) is 0 Å². The zero-order valence-corrected chi connectivity index (χ0v) is 8.05. The molecule has 1 N–H and O–H groups in total. The molecule has 1 fully saturated rings. The molecule has 0 aliphatic heterocycles. The Morgan fingerprint density at radius 1 is 1.47 bits per heavy atom. The summed E-state index contributed by atoms with van der Waals surface area (Å²) in [6.07, 6.45) is 3.90. The van der Waals surface area contributed by atoms with E-state index in [4.69, 9.17) is 0 Å². The third-order valence-corrected chi connectivity index (χ3v) is 2.74. The molecule has 0 aromatic carbocycles. The summed E-state index contributed by atoms with van der Waals surface area (Å²) in [5, 5.41) is 13.5. The van der Waals surface area contributed by atoms with Crippen molar-refractivity contribution in [2.24, 2.45) is 0 Å². The van der Waals surface area contributed by atoms with E-state index in [0.29, 0.717) is 17.0 Å². The first-order valence-corrected chi connectivity index (χ1v) is 4.98. The number of aromatic carboxylic acids is 1. The van der Waals surface area contributed by atoms with Crippen LogP contribution < -0.4 is 0 Å². The number of rotatable bonds is 2. The van der Waals surface area contributed by atoms with Gasteiger partial charge in [0.1, 0.15) is 5.56 Å². The molecule has 76 valence electrons. The first kappa shape index (κ1) is 8.47. The van der Waals surface area contributed by atoms with Gasteiger partial charge in [-0.1, -0.05) is 6.07 Å². The minimum absolute atomic E-state index is 0.357. The van der Waals surface area contributed by atoms with Gasteiger partial charge in [-0.15, -0.1) is 0 Å². The largest absolute Gasteiger partial charge is 0.478 e. The summed E-state index contributed by atoms with van der Waals surface area (Å²) >= 11 is 0. The van der Waals surface area contributed by atoms with Crippen molar-refractivity contribution in [3.8, 4) is 0 Å². The van der Waals surface area contributed by atoms with E-state index in [0.717, 1.165) is 18.5 Å². The van der Waals surface area contributed by atoms with Crippen molar-refractivity contribution in [2.75, 3.05) is 0 Å². The van der Waals surface area contributed by atoms with Gasteiger partial charge in [-0.2, -0.15) is 5.10 Å². The lowest BCUT2D eigenvalue weighted by Crippen LogP contribution is -1.99.